The van der Waals surface area contributed by atoms with Crippen molar-refractivity contribution < 1.29 is 12.8 Å². The Balaban J connectivity index is 1.86. The van der Waals surface area contributed by atoms with E-state index in [9.17, 15) is 13.7 Å². The van der Waals surface area contributed by atoms with Gasteiger partial charge < -0.3 is 9.73 Å². The average molecular weight is 374 g/mol. The van der Waals surface area contributed by atoms with Crippen molar-refractivity contribution in [3.63, 3.8) is 0 Å². The summed E-state index contributed by atoms with van der Waals surface area (Å²) in [6, 6.07) is 8.59. The van der Waals surface area contributed by atoms with Gasteiger partial charge in [0.25, 0.3) is 0 Å². The molecule has 0 amide bonds. The number of oxazole rings is 1. The maximum atomic E-state index is 12.6. The third kappa shape index (κ3) is 3.59. The van der Waals surface area contributed by atoms with Crippen molar-refractivity contribution >= 4 is 15.9 Å². The van der Waals surface area contributed by atoms with E-state index in [-0.39, 0.29) is 22.5 Å². The number of aromatic nitrogens is 1. The van der Waals surface area contributed by atoms with Gasteiger partial charge in [-0.3, -0.25) is 0 Å². The van der Waals surface area contributed by atoms with Crippen molar-refractivity contribution in [2.75, 3.05) is 18.4 Å². The lowest BCUT2D eigenvalue weighted by molar-refractivity contribution is 0.477. The van der Waals surface area contributed by atoms with Crippen LogP contribution >= 0.6 is 0 Å². The van der Waals surface area contributed by atoms with Gasteiger partial charge in [0, 0.05) is 24.7 Å². The minimum atomic E-state index is -3.45. The highest BCUT2D eigenvalue weighted by molar-refractivity contribution is 7.89. The van der Waals surface area contributed by atoms with Crippen LogP contribution in [0.5, 0.6) is 0 Å². The van der Waals surface area contributed by atoms with Crippen molar-refractivity contribution in [1.29, 1.82) is 5.26 Å². The molecule has 0 aliphatic carbocycles. The molecule has 1 N–H and O–H groups in total. The first-order chi connectivity index (χ1) is 12.5. The van der Waals surface area contributed by atoms with Crippen molar-refractivity contribution in [3.8, 4) is 17.5 Å². The number of sulfonamides is 1. The lowest BCUT2D eigenvalue weighted by Crippen LogP contribution is -2.27. The third-order valence-electron chi connectivity index (χ3n) is 4.53. The predicted molar refractivity (Wildman–Crippen MR) is 98.0 cm³/mol. The number of nitrogens with one attached hydrogen (secondary N) is 1. The molecule has 0 spiro atoms. The van der Waals surface area contributed by atoms with Crippen LogP contribution in [-0.2, 0) is 10.0 Å². The van der Waals surface area contributed by atoms with E-state index >= 15 is 0 Å². The molecule has 1 fully saturated rings. The molecule has 0 saturated carbocycles. The molecular weight excluding hydrogens is 352 g/mol. The number of nitriles is 1. The number of hydrogen-bond acceptors (Lipinski definition) is 6. The standard InChI is InChI=1S/C18H22N4O3S/c1-3-13(2)20-18-16(12-19)21-17(25-18)14-6-8-15(9-7-14)26(23,24)22-10-4-5-11-22/h6-9,13,20H,3-5,10-11H2,1-2H3. The smallest absolute Gasteiger partial charge is 0.243 e. The van der Waals surface area contributed by atoms with Gasteiger partial charge in [-0.2, -0.15) is 14.6 Å². The summed E-state index contributed by atoms with van der Waals surface area (Å²) < 4.78 is 32.3. The van der Waals surface area contributed by atoms with E-state index in [1.807, 2.05) is 19.9 Å². The number of rotatable bonds is 6. The summed E-state index contributed by atoms with van der Waals surface area (Å²) >= 11 is 0. The van der Waals surface area contributed by atoms with Gasteiger partial charge in [0.1, 0.15) is 6.07 Å². The molecular formula is C18H22N4O3S. The fourth-order valence-corrected chi connectivity index (χ4v) is 4.31. The van der Waals surface area contributed by atoms with Crippen LogP contribution in [0.2, 0.25) is 0 Å². The molecule has 1 aromatic heterocycles. The van der Waals surface area contributed by atoms with E-state index in [2.05, 4.69) is 10.3 Å². The largest absolute Gasteiger partial charge is 0.419 e. The third-order valence-corrected chi connectivity index (χ3v) is 6.44. The molecule has 1 aliphatic heterocycles. The molecule has 7 nitrogen and oxygen atoms in total. The van der Waals surface area contributed by atoms with E-state index in [0.717, 1.165) is 19.3 Å². The zero-order chi connectivity index (χ0) is 18.7. The fraction of sp³-hybridized carbons (Fsp3) is 0.444. The summed E-state index contributed by atoms with van der Waals surface area (Å²) in [5.74, 6) is 0.628. The van der Waals surface area contributed by atoms with Crippen LogP contribution in [0.3, 0.4) is 0 Å². The monoisotopic (exact) mass is 374 g/mol. The van der Waals surface area contributed by atoms with Crippen molar-refractivity contribution in [3.05, 3.63) is 30.0 Å². The Hall–Kier alpha value is -2.37. The highest BCUT2D eigenvalue weighted by Crippen LogP contribution is 2.28. The number of hydrogen-bond donors (Lipinski definition) is 1. The van der Waals surface area contributed by atoms with Crippen LogP contribution in [0.25, 0.3) is 11.5 Å². The minimum absolute atomic E-state index is 0.149. The molecule has 1 atom stereocenters. The first kappa shape index (κ1) is 18.4. The topological polar surface area (TPSA) is 99.2 Å². The number of anilines is 1. The Morgan fingerprint density at radius 3 is 2.54 bits per heavy atom. The van der Waals surface area contributed by atoms with Gasteiger partial charge in [0.15, 0.2) is 0 Å². The van der Waals surface area contributed by atoms with E-state index < -0.39 is 10.0 Å². The van der Waals surface area contributed by atoms with E-state index in [0.29, 0.717) is 24.5 Å². The zero-order valence-electron chi connectivity index (χ0n) is 14.9. The van der Waals surface area contributed by atoms with Crippen molar-refractivity contribution in [2.45, 2.75) is 44.0 Å². The lowest BCUT2D eigenvalue weighted by Gasteiger charge is -2.15. The fourth-order valence-electron chi connectivity index (χ4n) is 2.79. The highest BCUT2D eigenvalue weighted by Gasteiger charge is 2.27. The Morgan fingerprint density at radius 1 is 1.31 bits per heavy atom. The Kier molecular flexibility index (Phi) is 5.30. The SMILES string of the molecule is CCC(C)Nc1oc(-c2ccc(S(=O)(=O)N3CCCC3)cc2)nc1C#N. The van der Waals surface area contributed by atoms with Gasteiger partial charge >= 0.3 is 0 Å². The molecule has 2 aromatic rings. The van der Waals surface area contributed by atoms with Crippen LogP contribution in [0.15, 0.2) is 33.6 Å². The van der Waals surface area contributed by atoms with Crippen LogP contribution in [0, 0.1) is 11.3 Å². The van der Waals surface area contributed by atoms with Gasteiger partial charge in [-0.15, -0.1) is 0 Å². The average Bonchev–Trinajstić information content (AvgIpc) is 3.32. The van der Waals surface area contributed by atoms with Gasteiger partial charge in [0.2, 0.25) is 27.5 Å². The van der Waals surface area contributed by atoms with Crippen molar-refractivity contribution in [1.82, 2.24) is 9.29 Å². The lowest BCUT2D eigenvalue weighted by atomic mass is 10.2. The molecule has 3 rings (SSSR count). The maximum absolute atomic E-state index is 12.6. The van der Waals surface area contributed by atoms with E-state index in [4.69, 9.17) is 4.42 Å². The Morgan fingerprint density at radius 2 is 1.96 bits per heavy atom. The van der Waals surface area contributed by atoms with Gasteiger partial charge in [0.05, 0.1) is 4.90 Å². The zero-order valence-corrected chi connectivity index (χ0v) is 15.7. The second-order valence-electron chi connectivity index (χ2n) is 6.40. The van der Waals surface area contributed by atoms with Gasteiger partial charge in [-0.25, -0.2) is 8.42 Å². The van der Waals surface area contributed by atoms with Crippen molar-refractivity contribution in [2.24, 2.45) is 0 Å². The molecule has 1 aliphatic rings. The summed E-state index contributed by atoms with van der Waals surface area (Å²) in [5.41, 5.74) is 0.813. The Labute approximate surface area is 153 Å². The minimum Gasteiger partial charge on any atom is -0.419 e. The summed E-state index contributed by atoms with van der Waals surface area (Å²) in [5, 5.41) is 12.4. The summed E-state index contributed by atoms with van der Waals surface area (Å²) in [7, 11) is -3.45. The molecule has 26 heavy (non-hydrogen) atoms. The van der Waals surface area contributed by atoms with E-state index in [1.165, 1.54) is 4.31 Å². The van der Waals surface area contributed by atoms with Crippen LogP contribution in [-0.4, -0.2) is 36.8 Å². The predicted octanol–water partition coefficient (Wildman–Crippen LogP) is 3.21. The summed E-state index contributed by atoms with van der Waals surface area (Å²) in [6.07, 6.45) is 2.68. The molecule has 0 radical (unpaired) electrons. The first-order valence-electron chi connectivity index (χ1n) is 8.73. The second-order valence-corrected chi connectivity index (χ2v) is 8.34. The normalized spacial score (nSPS) is 16.3. The number of nitrogens with zero attached hydrogens (tertiary/aromatic N) is 3. The molecule has 138 valence electrons. The molecule has 2 heterocycles. The Bertz CT molecular complexity index is 907. The first-order valence-corrected chi connectivity index (χ1v) is 10.2. The summed E-state index contributed by atoms with van der Waals surface area (Å²) in [6.45, 7) is 5.15. The quantitative estimate of drug-likeness (QED) is 0.833. The molecule has 1 unspecified atom stereocenters. The molecule has 8 heteroatoms. The molecule has 1 saturated heterocycles. The summed E-state index contributed by atoms with van der Waals surface area (Å²) in [4.78, 5) is 4.46. The van der Waals surface area contributed by atoms with Gasteiger partial charge in [-0.05, 0) is 50.5 Å². The second kappa shape index (κ2) is 7.48. The van der Waals surface area contributed by atoms with Crippen LogP contribution in [0.4, 0.5) is 5.88 Å². The molecule has 0 bridgehead atoms. The highest BCUT2D eigenvalue weighted by atomic mass is 32.2. The van der Waals surface area contributed by atoms with Crippen LogP contribution in [0.1, 0.15) is 38.8 Å². The van der Waals surface area contributed by atoms with E-state index in [1.54, 1.807) is 24.3 Å². The maximum Gasteiger partial charge on any atom is 0.243 e. The molecule has 1 aromatic carbocycles. The van der Waals surface area contributed by atoms with Crippen LogP contribution < -0.4 is 5.32 Å². The number of benzene rings is 1. The van der Waals surface area contributed by atoms with Gasteiger partial charge in [-0.1, -0.05) is 6.92 Å².